The topological polar surface area (TPSA) is 54.5 Å². The van der Waals surface area contributed by atoms with Crippen LogP contribution in [0.4, 0.5) is 0 Å². The van der Waals surface area contributed by atoms with Crippen LogP contribution in [-0.2, 0) is 14.0 Å². The summed E-state index contributed by atoms with van der Waals surface area (Å²) in [6.07, 6.45) is 6.54. The number of unbranched alkanes of at least 4 members (excludes halogenated alkanes) is 4. The zero-order chi connectivity index (χ0) is 13.1. The molecule has 0 aromatic rings. The summed E-state index contributed by atoms with van der Waals surface area (Å²) in [5.74, 6) is -0.393. The van der Waals surface area contributed by atoms with Gasteiger partial charge in [0.25, 0.3) is 0 Å². The molecule has 0 spiro atoms. The van der Waals surface area contributed by atoms with Crippen LogP contribution in [0.2, 0.25) is 0 Å². The third kappa shape index (κ3) is 3.58. The van der Waals surface area contributed by atoms with Crippen LogP contribution in [0.15, 0.2) is 0 Å². The lowest BCUT2D eigenvalue weighted by atomic mass is 9.84. The van der Waals surface area contributed by atoms with Crippen molar-refractivity contribution in [2.24, 2.45) is 0 Å². The fourth-order valence-electron chi connectivity index (χ4n) is 2.36. The van der Waals surface area contributed by atoms with Gasteiger partial charge in [0, 0.05) is 10.7 Å². The number of carbonyl (C=O) groups is 1. The molecule has 1 aliphatic rings. The van der Waals surface area contributed by atoms with Crippen LogP contribution in [0, 0.1) is 0 Å². The van der Waals surface area contributed by atoms with Crippen LogP contribution < -0.4 is 0 Å². The summed E-state index contributed by atoms with van der Waals surface area (Å²) in [6.45, 7) is 3.93. The molecular weight excluding hydrogens is 262 g/mol. The standard InChI is InChI=1S/C11H20ClNO3S/c1-3-4-5-6-7-8-11(2)9-10(14)13(11)17(12,15)16/h3-9H2,1-2H3. The molecule has 1 aliphatic heterocycles. The molecule has 1 amide bonds. The number of amides is 1. The smallest absolute Gasteiger partial charge is 0.274 e. The molecule has 0 saturated carbocycles. The Morgan fingerprint density at radius 3 is 2.35 bits per heavy atom. The number of carbonyl (C=O) groups excluding carboxylic acids is 1. The molecular formula is C11H20ClNO3S. The highest BCUT2D eigenvalue weighted by atomic mass is 35.7. The molecule has 0 aromatic carbocycles. The summed E-state index contributed by atoms with van der Waals surface area (Å²) >= 11 is 0. The third-order valence-electron chi connectivity index (χ3n) is 3.29. The Kier molecular flexibility index (Phi) is 4.84. The Morgan fingerprint density at radius 1 is 1.29 bits per heavy atom. The van der Waals surface area contributed by atoms with Crippen molar-refractivity contribution in [2.75, 3.05) is 0 Å². The molecule has 1 atom stereocenters. The summed E-state index contributed by atoms with van der Waals surface area (Å²) in [5.41, 5.74) is -0.593. The van der Waals surface area contributed by atoms with E-state index in [0.717, 1.165) is 23.6 Å². The molecule has 1 unspecified atom stereocenters. The first-order valence-corrected chi connectivity index (χ1v) is 8.36. The highest BCUT2D eigenvalue weighted by Crippen LogP contribution is 2.39. The molecule has 0 aromatic heterocycles. The maximum atomic E-state index is 11.3. The molecule has 1 heterocycles. The maximum Gasteiger partial charge on any atom is 0.324 e. The van der Waals surface area contributed by atoms with Crippen molar-refractivity contribution in [1.82, 2.24) is 4.31 Å². The van der Waals surface area contributed by atoms with Crippen molar-refractivity contribution >= 4 is 25.8 Å². The summed E-state index contributed by atoms with van der Waals surface area (Å²) in [4.78, 5) is 11.3. The van der Waals surface area contributed by atoms with Crippen LogP contribution in [0.1, 0.15) is 58.8 Å². The molecule has 17 heavy (non-hydrogen) atoms. The highest BCUT2D eigenvalue weighted by molar-refractivity contribution is 8.12. The first-order valence-electron chi connectivity index (χ1n) is 6.09. The number of nitrogens with zero attached hydrogens (tertiary/aromatic N) is 1. The zero-order valence-corrected chi connectivity index (χ0v) is 12.0. The number of rotatable bonds is 7. The van der Waals surface area contributed by atoms with E-state index in [0.29, 0.717) is 6.42 Å². The Labute approximate surface area is 108 Å². The molecule has 1 fully saturated rings. The zero-order valence-electron chi connectivity index (χ0n) is 10.4. The lowest BCUT2D eigenvalue weighted by molar-refractivity contribution is -0.144. The minimum absolute atomic E-state index is 0.284. The molecule has 0 aliphatic carbocycles. The van der Waals surface area contributed by atoms with Crippen molar-refractivity contribution in [1.29, 1.82) is 0 Å². The van der Waals surface area contributed by atoms with Crippen LogP contribution in [0.5, 0.6) is 0 Å². The minimum atomic E-state index is -3.91. The summed E-state index contributed by atoms with van der Waals surface area (Å²) in [5, 5.41) is 0. The van der Waals surface area contributed by atoms with Crippen LogP contribution >= 0.6 is 10.7 Å². The largest absolute Gasteiger partial charge is 0.324 e. The van der Waals surface area contributed by atoms with Gasteiger partial charge in [-0.15, -0.1) is 0 Å². The van der Waals surface area contributed by atoms with Gasteiger partial charge in [0.2, 0.25) is 5.91 Å². The highest BCUT2D eigenvalue weighted by Gasteiger charge is 2.52. The van der Waals surface area contributed by atoms with Gasteiger partial charge < -0.3 is 0 Å². The second-order valence-electron chi connectivity index (χ2n) is 4.94. The second-order valence-corrected chi connectivity index (χ2v) is 7.30. The molecule has 1 saturated heterocycles. The Morgan fingerprint density at radius 2 is 1.88 bits per heavy atom. The van der Waals surface area contributed by atoms with Gasteiger partial charge in [0.05, 0.1) is 12.0 Å². The van der Waals surface area contributed by atoms with E-state index in [1.54, 1.807) is 6.92 Å². The Bertz CT molecular complexity index is 382. The molecule has 0 radical (unpaired) electrons. The van der Waals surface area contributed by atoms with E-state index >= 15 is 0 Å². The SMILES string of the molecule is CCCCCCCC1(C)CC(=O)N1S(=O)(=O)Cl. The van der Waals surface area contributed by atoms with E-state index < -0.39 is 20.7 Å². The Hall–Kier alpha value is -0.290. The van der Waals surface area contributed by atoms with Crippen LogP contribution in [0.25, 0.3) is 0 Å². The van der Waals surface area contributed by atoms with E-state index in [-0.39, 0.29) is 6.42 Å². The molecule has 1 rings (SSSR count). The molecule has 6 heteroatoms. The fraction of sp³-hybridized carbons (Fsp3) is 0.909. The van der Waals surface area contributed by atoms with Gasteiger partial charge in [-0.05, 0) is 13.3 Å². The van der Waals surface area contributed by atoms with Gasteiger partial charge in [0.1, 0.15) is 0 Å². The molecule has 0 bridgehead atoms. The second kappa shape index (κ2) is 5.57. The minimum Gasteiger partial charge on any atom is -0.274 e. The average Bonchev–Trinajstić information content (AvgIpc) is 2.13. The molecule has 0 N–H and O–H groups in total. The van der Waals surface area contributed by atoms with E-state index in [4.69, 9.17) is 10.7 Å². The van der Waals surface area contributed by atoms with Crippen molar-refractivity contribution in [3.8, 4) is 0 Å². The van der Waals surface area contributed by atoms with E-state index in [1.165, 1.54) is 12.8 Å². The predicted octanol–water partition coefficient (Wildman–Crippen LogP) is 2.82. The van der Waals surface area contributed by atoms with E-state index in [2.05, 4.69) is 6.92 Å². The third-order valence-corrected chi connectivity index (χ3v) is 4.78. The number of β-lactam (4-membered cyclic amide) rings is 1. The summed E-state index contributed by atoms with van der Waals surface area (Å²) < 4.78 is 23.3. The molecule has 4 nitrogen and oxygen atoms in total. The molecule has 100 valence electrons. The van der Waals surface area contributed by atoms with Crippen molar-refractivity contribution in [3.63, 3.8) is 0 Å². The lowest BCUT2D eigenvalue weighted by Crippen LogP contribution is -2.62. The van der Waals surface area contributed by atoms with E-state index in [1.807, 2.05) is 0 Å². The van der Waals surface area contributed by atoms with Gasteiger partial charge >= 0.3 is 9.24 Å². The van der Waals surface area contributed by atoms with Crippen molar-refractivity contribution in [2.45, 2.75) is 64.3 Å². The lowest BCUT2D eigenvalue weighted by Gasteiger charge is -2.47. The van der Waals surface area contributed by atoms with Crippen LogP contribution in [-0.4, -0.2) is 24.2 Å². The van der Waals surface area contributed by atoms with Gasteiger partial charge in [0.15, 0.2) is 0 Å². The van der Waals surface area contributed by atoms with Crippen LogP contribution in [0.3, 0.4) is 0 Å². The first kappa shape index (κ1) is 14.8. The maximum absolute atomic E-state index is 11.3. The van der Waals surface area contributed by atoms with Gasteiger partial charge in [-0.3, -0.25) is 4.79 Å². The van der Waals surface area contributed by atoms with Gasteiger partial charge in [-0.1, -0.05) is 39.0 Å². The Balaban J connectivity index is 2.45. The van der Waals surface area contributed by atoms with Gasteiger partial charge in [-0.25, -0.2) is 4.31 Å². The quantitative estimate of drug-likeness (QED) is 0.410. The summed E-state index contributed by atoms with van der Waals surface area (Å²) in [6, 6.07) is 0. The monoisotopic (exact) mass is 281 g/mol. The van der Waals surface area contributed by atoms with Crippen molar-refractivity contribution in [3.05, 3.63) is 0 Å². The number of halogens is 1. The van der Waals surface area contributed by atoms with Crippen molar-refractivity contribution < 1.29 is 13.2 Å². The first-order chi connectivity index (χ1) is 7.81. The number of hydrogen-bond donors (Lipinski definition) is 0. The number of hydrogen-bond acceptors (Lipinski definition) is 3. The normalized spacial score (nSPS) is 24.9. The fourth-order valence-corrected chi connectivity index (χ4v) is 4.08. The van der Waals surface area contributed by atoms with E-state index in [9.17, 15) is 13.2 Å². The summed E-state index contributed by atoms with van der Waals surface area (Å²) in [7, 11) is 1.34. The van der Waals surface area contributed by atoms with Gasteiger partial charge in [-0.2, -0.15) is 8.42 Å². The predicted molar refractivity (Wildman–Crippen MR) is 68.0 cm³/mol. The average molecular weight is 282 g/mol.